The molecule has 0 saturated heterocycles. The van der Waals surface area contributed by atoms with Gasteiger partial charge in [0.15, 0.2) is 11.5 Å². The van der Waals surface area contributed by atoms with Gasteiger partial charge in [0.05, 0.1) is 6.54 Å². The summed E-state index contributed by atoms with van der Waals surface area (Å²) < 4.78 is 44.6. The Labute approximate surface area is 147 Å². The van der Waals surface area contributed by atoms with E-state index in [0.717, 1.165) is 6.20 Å². The molecule has 1 aliphatic rings. The molecule has 142 valence electrons. The van der Waals surface area contributed by atoms with Crippen molar-refractivity contribution in [3.63, 3.8) is 0 Å². The molecule has 1 atom stereocenters. The van der Waals surface area contributed by atoms with Crippen LogP contribution in [0.5, 0.6) is 0 Å². The Balaban J connectivity index is 1.52. The van der Waals surface area contributed by atoms with Crippen LogP contribution in [0.15, 0.2) is 10.7 Å². The van der Waals surface area contributed by atoms with Crippen LogP contribution in [0.1, 0.15) is 29.7 Å². The summed E-state index contributed by atoms with van der Waals surface area (Å²) in [6.45, 7) is 2.63. The largest absolute Gasteiger partial charge is 0.434 e. The van der Waals surface area contributed by atoms with Gasteiger partial charge < -0.3 is 19.3 Å². The lowest BCUT2D eigenvalue weighted by molar-refractivity contribution is -0.141. The van der Waals surface area contributed by atoms with Gasteiger partial charge in [-0.25, -0.2) is 9.78 Å². The van der Waals surface area contributed by atoms with E-state index in [1.165, 1.54) is 9.47 Å². The molecular formula is C15H19F3N6O2. The van der Waals surface area contributed by atoms with Gasteiger partial charge in [0.1, 0.15) is 5.82 Å². The number of hydrogen-bond acceptors (Lipinski definition) is 5. The number of hydrogen-bond donors (Lipinski definition) is 1. The Morgan fingerprint density at radius 1 is 1.46 bits per heavy atom. The molecule has 2 amide bonds. The predicted octanol–water partition coefficient (Wildman–Crippen LogP) is 2.00. The molecule has 3 heterocycles. The number of aryl methyl sites for hydroxylation is 2. The molecule has 11 heteroatoms. The van der Waals surface area contributed by atoms with Gasteiger partial charge in [-0.3, -0.25) is 0 Å². The molecule has 0 aromatic carbocycles. The highest BCUT2D eigenvalue weighted by Crippen LogP contribution is 2.30. The average molecular weight is 372 g/mol. The van der Waals surface area contributed by atoms with Crippen LogP contribution in [0.2, 0.25) is 0 Å². The van der Waals surface area contributed by atoms with Crippen molar-refractivity contribution < 1.29 is 22.5 Å². The molecule has 2 aromatic rings. The zero-order valence-electron chi connectivity index (χ0n) is 14.4. The molecule has 26 heavy (non-hydrogen) atoms. The molecule has 0 fully saturated rings. The summed E-state index contributed by atoms with van der Waals surface area (Å²) in [6, 6.07) is -0.306. The maximum atomic E-state index is 12.8. The third kappa shape index (κ3) is 4.14. The summed E-state index contributed by atoms with van der Waals surface area (Å²) in [5, 5.41) is 6.37. The lowest BCUT2D eigenvalue weighted by atomic mass is 9.99. The van der Waals surface area contributed by atoms with Crippen molar-refractivity contribution in [3.8, 4) is 0 Å². The standard InChI is InChI=1S/C15H19F3N6O2/c1-9-20-12(22-26-9)5-19-14(25)23(2)6-10-3-4-13-21-11(15(16,17)18)8-24(13)7-10/h8,10H,3-7H2,1-2H3,(H,19,25). The lowest BCUT2D eigenvalue weighted by Crippen LogP contribution is -2.41. The molecule has 1 aliphatic heterocycles. The van der Waals surface area contributed by atoms with Crippen LogP contribution in [0, 0.1) is 12.8 Å². The monoisotopic (exact) mass is 372 g/mol. The summed E-state index contributed by atoms with van der Waals surface area (Å²) in [5.74, 6) is 1.29. The SMILES string of the molecule is Cc1nc(CNC(=O)N(C)CC2CCc3nc(C(F)(F)F)cn3C2)no1. The van der Waals surface area contributed by atoms with Crippen LogP contribution in [0.25, 0.3) is 0 Å². The zero-order chi connectivity index (χ0) is 18.9. The molecular weight excluding hydrogens is 353 g/mol. The summed E-state index contributed by atoms with van der Waals surface area (Å²) in [7, 11) is 1.64. The molecule has 0 aliphatic carbocycles. The smallest absolute Gasteiger partial charge is 0.340 e. The molecule has 1 N–H and O–H groups in total. The van der Waals surface area contributed by atoms with E-state index < -0.39 is 11.9 Å². The fraction of sp³-hybridized carbons (Fsp3) is 0.600. The van der Waals surface area contributed by atoms with E-state index in [-0.39, 0.29) is 18.5 Å². The fourth-order valence-corrected chi connectivity index (χ4v) is 2.97. The Bertz CT molecular complexity index is 785. The van der Waals surface area contributed by atoms with Crippen LogP contribution < -0.4 is 5.32 Å². The Morgan fingerprint density at radius 3 is 2.88 bits per heavy atom. The van der Waals surface area contributed by atoms with Gasteiger partial charge in [-0.2, -0.15) is 18.2 Å². The van der Waals surface area contributed by atoms with Gasteiger partial charge in [-0.15, -0.1) is 0 Å². The van der Waals surface area contributed by atoms with Crippen molar-refractivity contribution in [2.24, 2.45) is 5.92 Å². The van der Waals surface area contributed by atoms with E-state index in [1.807, 2.05) is 0 Å². The van der Waals surface area contributed by atoms with Crippen LogP contribution in [0.3, 0.4) is 0 Å². The van der Waals surface area contributed by atoms with Crippen LogP contribution in [0.4, 0.5) is 18.0 Å². The first-order valence-corrected chi connectivity index (χ1v) is 8.13. The highest BCUT2D eigenvalue weighted by Gasteiger charge is 2.36. The van der Waals surface area contributed by atoms with E-state index in [1.54, 1.807) is 14.0 Å². The number of rotatable bonds is 4. The first-order chi connectivity index (χ1) is 12.2. The van der Waals surface area contributed by atoms with E-state index in [4.69, 9.17) is 4.52 Å². The van der Waals surface area contributed by atoms with Crippen molar-refractivity contribution in [3.05, 3.63) is 29.4 Å². The zero-order valence-corrected chi connectivity index (χ0v) is 14.4. The molecule has 2 aromatic heterocycles. The minimum absolute atomic E-state index is 0.0564. The summed E-state index contributed by atoms with van der Waals surface area (Å²) in [5.41, 5.74) is -0.866. The quantitative estimate of drug-likeness (QED) is 0.887. The van der Waals surface area contributed by atoms with Gasteiger partial charge in [0.25, 0.3) is 0 Å². The number of alkyl halides is 3. The Morgan fingerprint density at radius 2 is 2.23 bits per heavy atom. The van der Waals surface area contributed by atoms with Crippen molar-refractivity contribution >= 4 is 6.03 Å². The van der Waals surface area contributed by atoms with Gasteiger partial charge in [0, 0.05) is 39.7 Å². The van der Waals surface area contributed by atoms with Gasteiger partial charge >= 0.3 is 12.2 Å². The molecule has 0 radical (unpaired) electrons. The lowest BCUT2D eigenvalue weighted by Gasteiger charge is -2.28. The first kappa shape index (κ1) is 18.2. The Hall–Kier alpha value is -2.59. The van der Waals surface area contributed by atoms with Gasteiger partial charge in [-0.05, 0) is 12.3 Å². The number of nitrogens with zero attached hydrogens (tertiary/aromatic N) is 5. The number of carbonyl (C=O) groups is 1. The number of halogens is 3. The molecule has 0 saturated carbocycles. The topological polar surface area (TPSA) is 89.1 Å². The number of amides is 2. The normalized spacial score (nSPS) is 17.0. The number of fused-ring (bicyclic) bond motifs is 1. The maximum absolute atomic E-state index is 12.8. The second-order valence-electron chi connectivity index (χ2n) is 6.37. The highest BCUT2D eigenvalue weighted by molar-refractivity contribution is 5.73. The summed E-state index contributed by atoms with van der Waals surface area (Å²) >= 11 is 0. The minimum Gasteiger partial charge on any atom is -0.340 e. The van der Waals surface area contributed by atoms with Crippen molar-refractivity contribution in [2.75, 3.05) is 13.6 Å². The number of imidazole rings is 1. The molecule has 3 rings (SSSR count). The second kappa shape index (κ2) is 6.96. The molecule has 8 nitrogen and oxygen atoms in total. The minimum atomic E-state index is -4.44. The van der Waals surface area contributed by atoms with Crippen molar-refractivity contribution in [1.29, 1.82) is 0 Å². The highest BCUT2D eigenvalue weighted by atomic mass is 19.4. The maximum Gasteiger partial charge on any atom is 0.434 e. The van der Waals surface area contributed by atoms with E-state index in [9.17, 15) is 18.0 Å². The van der Waals surface area contributed by atoms with Crippen LogP contribution >= 0.6 is 0 Å². The van der Waals surface area contributed by atoms with Gasteiger partial charge in [0.2, 0.25) is 5.89 Å². The molecule has 0 bridgehead atoms. The van der Waals surface area contributed by atoms with Crippen LogP contribution in [-0.4, -0.2) is 44.2 Å². The van der Waals surface area contributed by atoms with E-state index in [2.05, 4.69) is 20.4 Å². The van der Waals surface area contributed by atoms with Gasteiger partial charge in [-0.1, -0.05) is 5.16 Å². The third-order valence-corrected chi connectivity index (χ3v) is 4.23. The van der Waals surface area contributed by atoms with Crippen LogP contribution in [-0.2, 0) is 25.7 Å². The summed E-state index contributed by atoms with van der Waals surface area (Å²) in [6.07, 6.45) is -2.27. The Kier molecular flexibility index (Phi) is 4.88. The third-order valence-electron chi connectivity index (χ3n) is 4.23. The molecule has 1 unspecified atom stereocenters. The number of carbonyl (C=O) groups excluding carboxylic acids is 1. The van der Waals surface area contributed by atoms with Crippen molar-refractivity contribution in [1.82, 2.24) is 29.9 Å². The second-order valence-corrected chi connectivity index (χ2v) is 6.37. The predicted molar refractivity (Wildman–Crippen MR) is 82.9 cm³/mol. The molecule has 0 spiro atoms. The number of urea groups is 1. The number of nitrogens with one attached hydrogen (secondary N) is 1. The first-order valence-electron chi connectivity index (χ1n) is 8.13. The van der Waals surface area contributed by atoms with Crippen molar-refractivity contribution in [2.45, 2.75) is 39.0 Å². The average Bonchev–Trinajstić information content (AvgIpc) is 3.17. The number of aromatic nitrogens is 4. The summed E-state index contributed by atoms with van der Waals surface area (Å²) in [4.78, 5) is 21.3. The van der Waals surface area contributed by atoms with E-state index in [0.29, 0.717) is 43.5 Å². The fourth-order valence-electron chi connectivity index (χ4n) is 2.97. The van der Waals surface area contributed by atoms with E-state index >= 15 is 0 Å².